The van der Waals surface area contributed by atoms with Crippen LogP contribution in [0.25, 0.3) is 0 Å². The third-order valence-electron chi connectivity index (χ3n) is 1.69. The van der Waals surface area contributed by atoms with Gasteiger partial charge in [-0.1, -0.05) is 0 Å². The first kappa shape index (κ1) is 9.92. The van der Waals surface area contributed by atoms with Crippen molar-refractivity contribution in [1.82, 2.24) is 9.88 Å². The van der Waals surface area contributed by atoms with Crippen molar-refractivity contribution in [2.45, 2.75) is 6.92 Å². The zero-order chi connectivity index (χ0) is 9.84. The monoisotopic (exact) mass is 196 g/mol. The first-order valence-electron chi connectivity index (χ1n) is 3.90. The van der Waals surface area contributed by atoms with Gasteiger partial charge in [-0.05, 0) is 6.92 Å². The van der Waals surface area contributed by atoms with Crippen LogP contribution < -0.4 is 0 Å². The van der Waals surface area contributed by atoms with Crippen molar-refractivity contribution >= 4 is 17.1 Å². The Kier molecular flexibility index (Phi) is 3.19. The number of ketones is 1. The molecule has 1 heterocycles. The summed E-state index contributed by atoms with van der Waals surface area (Å²) in [6.07, 6.45) is 3.23. The Morgan fingerprint density at radius 1 is 1.62 bits per heavy atom. The largest absolute Gasteiger partial charge is 0.381 e. The first-order valence-corrected chi connectivity index (χ1v) is 4.78. The topological polar surface area (TPSA) is 33.2 Å². The zero-order valence-corrected chi connectivity index (χ0v) is 8.76. The Morgan fingerprint density at radius 3 is 2.77 bits per heavy atom. The summed E-state index contributed by atoms with van der Waals surface area (Å²) in [5, 5.41) is 2.34. The quantitative estimate of drug-likeness (QED) is 0.546. The minimum atomic E-state index is -0.0267. The van der Waals surface area contributed by atoms with Gasteiger partial charge in [0.1, 0.15) is 0 Å². The van der Waals surface area contributed by atoms with Gasteiger partial charge in [0.2, 0.25) is 5.78 Å². The average Bonchev–Trinajstić information content (AvgIpc) is 2.55. The van der Waals surface area contributed by atoms with Crippen molar-refractivity contribution in [3.8, 4) is 0 Å². The van der Waals surface area contributed by atoms with E-state index >= 15 is 0 Å². The molecule has 3 nitrogen and oxygen atoms in total. The molecule has 4 heteroatoms. The van der Waals surface area contributed by atoms with Gasteiger partial charge in [-0.25, -0.2) is 4.98 Å². The number of nitrogens with zero attached hydrogens (tertiary/aromatic N) is 2. The normalized spacial score (nSPS) is 11.5. The van der Waals surface area contributed by atoms with E-state index in [0.29, 0.717) is 5.01 Å². The number of aromatic nitrogens is 1. The highest BCUT2D eigenvalue weighted by Gasteiger charge is 2.05. The van der Waals surface area contributed by atoms with Crippen LogP contribution in [0.1, 0.15) is 16.7 Å². The number of carbonyl (C=O) groups excluding carboxylic acids is 1. The van der Waals surface area contributed by atoms with Gasteiger partial charge in [-0.2, -0.15) is 0 Å². The van der Waals surface area contributed by atoms with E-state index < -0.39 is 0 Å². The van der Waals surface area contributed by atoms with Crippen LogP contribution in [0.3, 0.4) is 0 Å². The molecule has 0 aliphatic heterocycles. The Balaban J connectivity index is 2.76. The Morgan fingerprint density at radius 2 is 2.31 bits per heavy atom. The maximum Gasteiger partial charge on any atom is 0.216 e. The molecule has 0 saturated heterocycles. The molecule has 1 aromatic heterocycles. The average molecular weight is 196 g/mol. The van der Waals surface area contributed by atoms with Gasteiger partial charge in [-0.3, -0.25) is 4.79 Å². The smallest absolute Gasteiger partial charge is 0.216 e. The van der Waals surface area contributed by atoms with E-state index in [1.807, 2.05) is 25.9 Å². The van der Waals surface area contributed by atoms with Gasteiger partial charge in [0.25, 0.3) is 0 Å². The summed E-state index contributed by atoms with van der Waals surface area (Å²) in [5.74, 6) is -0.0267. The number of carbonyl (C=O) groups is 1. The van der Waals surface area contributed by atoms with E-state index in [-0.39, 0.29) is 5.78 Å². The van der Waals surface area contributed by atoms with Gasteiger partial charge in [0.05, 0.1) is 0 Å². The van der Waals surface area contributed by atoms with Gasteiger partial charge in [-0.15, -0.1) is 11.3 Å². The van der Waals surface area contributed by atoms with Crippen LogP contribution in [0.15, 0.2) is 23.3 Å². The molecular formula is C9H12N2OS. The summed E-state index contributed by atoms with van der Waals surface area (Å²) in [4.78, 5) is 17.3. The molecule has 0 radical (unpaired) electrons. The predicted molar refractivity (Wildman–Crippen MR) is 53.9 cm³/mol. The molecule has 0 aromatic carbocycles. The molecule has 0 unspecified atom stereocenters. The second kappa shape index (κ2) is 4.18. The molecule has 0 fully saturated rings. The lowest BCUT2D eigenvalue weighted by Crippen LogP contribution is -2.10. The Bertz CT molecular complexity index is 314. The van der Waals surface area contributed by atoms with E-state index in [2.05, 4.69) is 4.98 Å². The zero-order valence-electron chi connectivity index (χ0n) is 7.94. The van der Waals surface area contributed by atoms with Crippen LogP contribution in [-0.2, 0) is 0 Å². The number of rotatable bonds is 3. The van der Waals surface area contributed by atoms with Crippen LogP contribution in [0, 0.1) is 0 Å². The highest BCUT2D eigenvalue weighted by atomic mass is 32.1. The first-order chi connectivity index (χ1) is 6.11. The maximum atomic E-state index is 11.5. The number of hydrogen-bond donors (Lipinski definition) is 0. The molecule has 13 heavy (non-hydrogen) atoms. The number of hydrogen-bond acceptors (Lipinski definition) is 4. The fourth-order valence-electron chi connectivity index (χ4n) is 0.726. The van der Waals surface area contributed by atoms with Crippen LogP contribution in [0.4, 0.5) is 0 Å². The maximum absolute atomic E-state index is 11.5. The highest BCUT2D eigenvalue weighted by Crippen LogP contribution is 2.07. The summed E-state index contributed by atoms with van der Waals surface area (Å²) in [6, 6.07) is 0. The summed E-state index contributed by atoms with van der Waals surface area (Å²) in [5.41, 5.74) is 0.931. The molecule has 70 valence electrons. The van der Waals surface area contributed by atoms with Crippen molar-refractivity contribution in [1.29, 1.82) is 0 Å². The lowest BCUT2D eigenvalue weighted by molar-refractivity contribution is 0.104. The van der Waals surface area contributed by atoms with Crippen molar-refractivity contribution < 1.29 is 4.79 Å². The molecule has 0 aliphatic carbocycles. The number of thiazole rings is 1. The SMILES string of the molecule is CC(=CC(=O)c1nccs1)N(C)C. The minimum Gasteiger partial charge on any atom is -0.381 e. The summed E-state index contributed by atoms with van der Waals surface area (Å²) < 4.78 is 0. The van der Waals surface area contributed by atoms with Gasteiger partial charge < -0.3 is 4.90 Å². The van der Waals surface area contributed by atoms with E-state index in [1.54, 1.807) is 17.7 Å². The van der Waals surface area contributed by atoms with Crippen LogP contribution >= 0.6 is 11.3 Å². The molecule has 0 aliphatic rings. The van der Waals surface area contributed by atoms with E-state index in [1.165, 1.54) is 11.3 Å². The summed E-state index contributed by atoms with van der Waals surface area (Å²) in [6.45, 7) is 1.89. The molecule has 1 rings (SSSR count). The molecule has 0 N–H and O–H groups in total. The van der Waals surface area contributed by atoms with Crippen molar-refractivity contribution in [2.75, 3.05) is 14.1 Å². The van der Waals surface area contributed by atoms with E-state index in [0.717, 1.165) is 5.70 Å². The minimum absolute atomic E-state index is 0.0267. The van der Waals surface area contributed by atoms with Crippen LogP contribution in [0.2, 0.25) is 0 Å². The van der Waals surface area contributed by atoms with Crippen molar-refractivity contribution in [2.24, 2.45) is 0 Å². The van der Waals surface area contributed by atoms with E-state index in [4.69, 9.17) is 0 Å². The summed E-state index contributed by atoms with van der Waals surface area (Å²) in [7, 11) is 3.81. The highest BCUT2D eigenvalue weighted by molar-refractivity contribution is 7.11. The molecule has 0 saturated carbocycles. The molecular weight excluding hydrogens is 184 g/mol. The second-order valence-electron chi connectivity index (χ2n) is 2.88. The Hall–Kier alpha value is -1.16. The standard InChI is InChI=1S/C9H12N2OS/c1-7(11(2)3)6-8(12)9-10-4-5-13-9/h4-6H,1-3H3. The lowest BCUT2D eigenvalue weighted by Gasteiger charge is -2.11. The van der Waals surface area contributed by atoms with Crippen LogP contribution in [0.5, 0.6) is 0 Å². The lowest BCUT2D eigenvalue weighted by atomic mass is 10.3. The molecule has 1 aromatic rings. The third-order valence-corrected chi connectivity index (χ3v) is 2.48. The number of allylic oxidation sites excluding steroid dienone is 2. The molecule has 0 amide bonds. The van der Waals surface area contributed by atoms with Crippen molar-refractivity contribution in [3.63, 3.8) is 0 Å². The van der Waals surface area contributed by atoms with Gasteiger partial charge >= 0.3 is 0 Å². The van der Waals surface area contributed by atoms with E-state index in [9.17, 15) is 4.79 Å². The van der Waals surface area contributed by atoms with Gasteiger partial charge in [0.15, 0.2) is 5.01 Å². The van der Waals surface area contributed by atoms with Crippen LogP contribution in [-0.4, -0.2) is 29.8 Å². The fourth-order valence-corrected chi connectivity index (χ4v) is 1.27. The molecule has 0 spiro atoms. The van der Waals surface area contributed by atoms with Crippen molar-refractivity contribution in [3.05, 3.63) is 28.4 Å². The summed E-state index contributed by atoms with van der Waals surface area (Å²) >= 11 is 1.36. The van der Waals surface area contributed by atoms with Gasteiger partial charge in [0, 0.05) is 37.4 Å². The molecule has 0 bridgehead atoms. The third kappa shape index (κ3) is 2.66. The second-order valence-corrected chi connectivity index (χ2v) is 3.78. The predicted octanol–water partition coefficient (Wildman–Crippen LogP) is 1.79. The molecule has 0 atom stereocenters. The Labute approximate surface area is 81.7 Å². The fraction of sp³-hybridized carbons (Fsp3) is 0.333.